The van der Waals surface area contributed by atoms with Gasteiger partial charge in [0, 0.05) is 6.07 Å². The van der Waals surface area contributed by atoms with E-state index < -0.39 is 48.0 Å². The van der Waals surface area contributed by atoms with E-state index in [0.29, 0.717) is 5.69 Å². The number of imide groups is 1. The van der Waals surface area contributed by atoms with Gasteiger partial charge in [0.2, 0.25) is 5.91 Å². The number of rotatable bonds is 4. The lowest BCUT2D eigenvalue weighted by Gasteiger charge is -2.20. The minimum absolute atomic E-state index is 0.335. The number of aryl methyl sites for hydroxylation is 1. The Morgan fingerprint density at radius 2 is 1.83 bits per heavy atom. The second-order valence-electron chi connectivity index (χ2n) is 6.71. The highest BCUT2D eigenvalue weighted by atomic mass is 19.1. The molecule has 1 fully saturated rings. The largest absolute Gasteiger partial charge is 0.322 e. The number of anilines is 2. The van der Waals surface area contributed by atoms with Gasteiger partial charge < -0.3 is 5.32 Å². The molecule has 3 amide bonds. The van der Waals surface area contributed by atoms with Crippen LogP contribution in [0.15, 0.2) is 52.8 Å². The van der Waals surface area contributed by atoms with E-state index in [2.05, 4.69) is 15.7 Å². The third-order valence-electron chi connectivity index (χ3n) is 4.66. The van der Waals surface area contributed by atoms with Crippen molar-refractivity contribution in [2.75, 3.05) is 16.8 Å². The summed E-state index contributed by atoms with van der Waals surface area (Å²) in [7, 11) is 0. The summed E-state index contributed by atoms with van der Waals surface area (Å²) in [6, 6.07) is 7.36. The van der Waals surface area contributed by atoms with E-state index >= 15 is 0 Å². The molecule has 2 aromatic rings. The molecule has 8 nitrogen and oxygen atoms in total. The van der Waals surface area contributed by atoms with Crippen molar-refractivity contribution in [1.82, 2.24) is 5.01 Å². The molecule has 2 aromatic carbocycles. The fraction of sp³-hybridized carbons (Fsp3) is 0.211. The second-order valence-corrected chi connectivity index (χ2v) is 6.71. The second kappa shape index (κ2) is 7.04. The normalized spacial score (nSPS) is 20.4. The Hall–Kier alpha value is -3.69. The average Bonchev–Trinajstić information content (AvgIpc) is 3.19. The monoisotopic (exact) mass is 399 g/mol. The summed E-state index contributed by atoms with van der Waals surface area (Å²) < 4.78 is 26.9. The van der Waals surface area contributed by atoms with Crippen molar-refractivity contribution < 1.29 is 23.2 Å². The number of halogens is 2. The minimum atomic E-state index is -1.06. The van der Waals surface area contributed by atoms with Gasteiger partial charge >= 0.3 is 0 Å². The van der Waals surface area contributed by atoms with Crippen LogP contribution in [0, 0.1) is 18.6 Å². The Morgan fingerprint density at radius 3 is 2.55 bits per heavy atom. The van der Waals surface area contributed by atoms with Gasteiger partial charge in [0.1, 0.15) is 18.2 Å². The molecule has 1 N–H and O–H groups in total. The van der Waals surface area contributed by atoms with Crippen molar-refractivity contribution in [3.8, 4) is 0 Å². The average molecular weight is 399 g/mol. The van der Waals surface area contributed by atoms with Crippen molar-refractivity contribution in [3.63, 3.8) is 0 Å². The predicted octanol–water partition coefficient (Wildman–Crippen LogP) is 2.21. The van der Waals surface area contributed by atoms with Gasteiger partial charge in [-0.25, -0.2) is 13.7 Å². The van der Waals surface area contributed by atoms with E-state index in [1.54, 1.807) is 24.3 Å². The number of nitrogens with one attached hydrogen (secondary N) is 1. The van der Waals surface area contributed by atoms with Crippen LogP contribution >= 0.6 is 0 Å². The molecule has 148 valence electrons. The van der Waals surface area contributed by atoms with Gasteiger partial charge in [-0.1, -0.05) is 22.9 Å². The number of benzene rings is 2. The molecule has 2 aliphatic heterocycles. The summed E-state index contributed by atoms with van der Waals surface area (Å²) in [6.07, 6.45) is 0. The van der Waals surface area contributed by atoms with E-state index in [1.807, 2.05) is 6.92 Å². The van der Waals surface area contributed by atoms with E-state index in [1.165, 1.54) is 0 Å². The summed E-state index contributed by atoms with van der Waals surface area (Å²) in [5, 5.41) is 10.9. The van der Waals surface area contributed by atoms with Crippen LogP contribution in [0.25, 0.3) is 0 Å². The Morgan fingerprint density at radius 1 is 1.10 bits per heavy atom. The number of fused-ring (bicyclic) bond motifs is 1. The summed E-state index contributed by atoms with van der Waals surface area (Å²) in [5.41, 5.74) is 1.04. The van der Waals surface area contributed by atoms with Crippen LogP contribution in [0.4, 0.5) is 20.2 Å². The van der Waals surface area contributed by atoms with Gasteiger partial charge in [0.25, 0.3) is 11.8 Å². The lowest BCUT2D eigenvalue weighted by atomic mass is 10.1. The van der Waals surface area contributed by atoms with Gasteiger partial charge in [0.05, 0.1) is 11.4 Å². The zero-order valence-corrected chi connectivity index (χ0v) is 15.2. The summed E-state index contributed by atoms with van der Waals surface area (Å²) in [5.74, 6) is -3.35. The lowest BCUT2D eigenvalue weighted by Crippen LogP contribution is -2.43. The number of hydrogen-bond donors (Lipinski definition) is 1. The van der Waals surface area contributed by atoms with E-state index in [-0.39, 0.29) is 5.69 Å². The smallest absolute Gasteiger partial charge is 0.263 e. The fourth-order valence-corrected chi connectivity index (χ4v) is 3.23. The highest BCUT2D eigenvalue weighted by Gasteiger charge is 2.55. The molecule has 10 heteroatoms. The third-order valence-corrected chi connectivity index (χ3v) is 4.66. The maximum atomic E-state index is 13.7. The molecule has 1 saturated heterocycles. The first-order valence-corrected chi connectivity index (χ1v) is 8.72. The van der Waals surface area contributed by atoms with Gasteiger partial charge in [-0.15, -0.1) is 0 Å². The molecule has 2 heterocycles. The summed E-state index contributed by atoms with van der Waals surface area (Å²) in [6.45, 7) is 1.42. The number of carbonyl (C=O) groups is 3. The predicted molar refractivity (Wildman–Crippen MR) is 97.8 cm³/mol. The van der Waals surface area contributed by atoms with Crippen LogP contribution in [-0.4, -0.2) is 41.4 Å². The Kier molecular flexibility index (Phi) is 4.53. The van der Waals surface area contributed by atoms with Crippen molar-refractivity contribution >= 4 is 29.1 Å². The van der Waals surface area contributed by atoms with E-state index in [9.17, 15) is 23.2 Å². The van der Waals surface area contributed by atoms with Crippen LogP contribution in [0.5, 0.6) is 0 Å². The van der Waals surface area contributed by atoms with Crippen LogP contribution in [0.1, 0.15) is 5.56 Å². The third kappa shape index (κ3) is 3.33. The van der Waals surface area contributed by atoms with Crippen molar-refractivity contribution in [2.45, 2.75) is 19.0 Å². The highest BCUT2D eigenvalue weighted by Crippen LogP contribution is 2.31. The van der Waals surface area contributed by atoms with E-state index in [0.717, 1.165) is 33.7 Å². The van der Waals surface area contributed by atoms with Crippen LogP contribution in [-0.2, 0) is 14.4 Å². The highest BCUT2D eigenvalue weighted by molar-refractivity contribution is 6.25. The van der Waals surface area contributed by atoms with Crippen LogP contribution < -0.4 is 10.2 Å². The molecule has 0 spiro atoms. The van der Waals surface area contributed by atoms with Crippen molar-refractivity contribution in [2.24, 2.45) is 10.3 Å². The maximum Gasteiger partial charge on any atom is 0.263 e. The molecular formula is C19H15F2N5O3. The van der Waals surface area contributed by atoms with Gasteiger partial charge in [0.15, 0.2) is 12.1 Å². The van der Waals surface area contributed by atoms with Gasteiger partial charge in [-0.2, -0.15) is 5.11 Å². The Bertz CT molecular complexity index is 1040. The first-order chi connectivity index (χ1) is 13.8. The summed E-state index contributed by atoms with van der Waals surface area (Å²) in [4.78, 5) is 38.7. The van der Waals surface area contributed by atoms with Gasteiger partial charge in [-0.05, 0) is 31.2 Å². The molecule has 4 rings (SSSR count). The molecule has 2 aliphatic rings. The van der Waals surface area contributed by atoms with Crippen LogP contribution in [0.2, 0.25) is 0 Å². The Labute approximate surface area is 163 Å². The standard InChI is InChI=1S/C19H15F2N5O3/c1-10-2-5-12(6-3-10)26-18(28)16-17(19(26)29)25(24-23-16)9-15(27)22-14-8-11(20)4-7-13(14)21/h2-8,16-17H,9H2,1H3,(H,22,27)/t16-,17+/m1/s1. The van der Waals surface area contributed by atoms with E-state index in [4.69, 9.17) is 0 Å². The topological polar surface area (TPSA) is 94.4 Å². The number of nitrogens with zero attached hydrogens (tertiary/aromatic N) is 4. The lowest BCUT2D eigenvalue weighted by molar-refractivity contribution is -0.123. The number of amides is 3. The number of hydrogen-bond acceptors (Lipinski definition) is 6. The quantitative estimate of drug-likeness (QED) is 0.798. The first-order valence-electron chi connectivity index (χ1n) is 8.72. The molecule has 2 atom stereocenters. The summed E-state index contributed by atoms with van der Waals surface area (Å²) >= 11 is 0. The SMILES string of the molecule is Cc1ccc(N2C(=O)[C@@H]3[C@@H](N=NN3CC(=O)Nc3cc(F)ccc3F)C2=O)cc1. The molecule has 0 bridgehead atoms. The molecule has 0 aromatic heterocycles. The number of carbonyl (C=O) groups excluding carboxylic acids is 3. The van der Waals surface area contributed by atoms with Crippen molar-refractivity contribution in [3.05, 3.63) is 59.7 Å². The van der Waals surface area contributed by atoms with Crippen LogP contribution in [0.3, 0.4) is 0 Å². The zero-order valence-electron chi connectivity index (χ0n) is 15.2. The first kappa shape index (κ1) is 18.7. The molecule has 0 radical (unpaired) electrons. The maximum absolute atomic E-state index is 13.7. The molecule has 0 aliphatic carbocycles. The molecule has 0 saturated carbocycles. The minimum Gasteiger partial charge on any atom is -0.322 e. The van der Waals surface area contributed by atoms with Crippen molar-refractivity contribution in [1.29, 1.82) is 0 Å². The molecule has 0 unspecified atom stereocenters. The van der Waals surface area contributed by atoms with Gasteiger partial charge in [-0.3, -0.25) is 19.4 Å². The zero-order chi connectivity index (χ0) is 20.7. The fourth-order valence-electron chi connectivity index (χ4n) is 3.23. The molecule has 29 heavy (non-hydrogen) atoms. The molecular weight excluding hydrogens is 384 g/mol. The Balaban J connectivity index is 1.49.